The SMILES string of the molecule is O=C(O)C1CCN(C(c2ccc(Br)cc2)c2ccc3cnccc3c2)CC1. The van der Waals surface area contributed by atoms with Crippen molar-refractivity contribution in [3.63, 3.8) is 0 Å². The summed E-state index contributed by atoms with van der Waals surface area (Å²) in [6, 6.07) is 17.1. The van der Waals surface area contributed by atoms with Crippen molar-refractivity contribution in [2.45, 2.75) is 18.9 Å². The summed E-state index contributed by atoms with van der Waals surface area (Å²) in [6.45, 7) is 1.57. The van der Waals surface area contributed by atoms with Crippen LogP contribution in [-0.4, -0.2) is 34.0 Å². The number of hydrogen-bond acceptors (Lipinski definition) is 3. The molecule has 1 atom stereocenters. The number of aromatic nitrogens is 1. The summed E-state index contributed by atoms with van der Waals surface area (Å²) < 4.78 is 1.05. The van der Waals surface area contributed by atoms with Gasteiger partial charge in [-0.2, -0.15) is 0 Å². The third kappa shape index (κ3) is 3.89. The minimum Gasteiger partial charge on any atom is -0.481 e. The summed E-state index contributed by atoms with van der Waals surface area (Å²) in [7, 11) is 0. The maximum atomic E-state index is 11.3. The molecule has 0 aliphatic carbocycles. The van der Waals surface area contributed by atoms with Gasteiger partial charge in [-0.05, 0) is 66.7 Å². The molecule has 2 aromatic carbocycles. The van der Waals surface area contributed by atoms with E-state index < -0.39 is 5.97 Å². The van der Waals surface area contributed by atoms with E-state index in [0.29, 0.717) is 12.8 Å². The average molecular weight is 425 g/mol. The molecule has 1 fully saturated rings. The second kappa shape index (κ2) is 7.79. The second-order valence-corrected chi connectivity index (χ2v) is 8.00. The van der Waals surface area contributed by atoms with Crippen molar-refractivity contribution in [2.75, 3.05) is 13.1 Å². The molecule has 4 rings (SSSR count). The van der Waals surface area contributed by atoms with E-state index in [-0.39, 0.29) is 12.0 Å². The zero-order valence-electron chi connectivity index (χ0n) is 14.9. The highest BCUT2D eigenvalue weighted by Crippen LogP contribution is 2.34. The largest absolute Gasteiger partial charge is 0.481 e. The molecule has 2 heterocycles. The Hall–Kier alpha value is -2.24. The minimum atomic E-state index is -0.673. The summed E-state index contributed by atoms with van der Waals surface area (Å²) in [4.78, 5) is 17.9. The van der Waals surface area contributed by atoms with E-state index in [1.54, 1.807) is 0 Å². The third-order valence-electron chi connectivity index (χ3n) is 5.41. The Morgan fingerprint density at radius 3 is 2.44 bits per heavy atom. The van der Waals surface area contributed by atoms with Gasteiger partial charge >= 0.3 is 5.97 Å². The fraction of sp³-hybridized carbons (Fsp3) is 0.273. The van der Waals surface area contributed by atoms with E-state index in [1.165, 1.54) is 16.5 Å². The van der Waals surface area contributed by atoms with Gasteiger partial charge in [0.25, 0.3) is 0 Å². The number of benzene rings is 2. The summed E-state index contributed by atoms with van der Waals surface area (Å²) in [5, 5.41) is 11.6. The predicted molar refractivity (Wildman–Crippen MR) is 110 cm³/mol. The Morgan fingerprint density at radius 2 is 1.74 bits per heavy atom. The monoisotopic (exact) mass is 424 g/mol. The van der Waals surface area contributed by atoms with E-state index in [4.69, 9.17) is 0 Å². The molecule has 1 aromatic heterocycles. The first-order valence-electron chi connectivity index (χ1n) is 9.18. The number of fused-ring (bicyclic) bond motifs is 1. The summed E-state index contributed by atoms with van der Waals surface area (Å²) >= 11 is 3.52. The topological polar surface area (TPSA) is 53.4 Å². The molecule has 1 saturated heterocycles. The number of carboxylic acid groups (broad SMARTS) is 1. The Morgan fingerprint density at radius 1 is 1.04 bits per heavy atom. The van der Waals surface area contributed by atoms with Crippen molar-refractivity contribution in [1.29, 1.82) is 0 Å². The molecule has 0 bridgehead atoms. The van der Waals surface area contributed by atoms with Crippen molar-refractivity contribution >= 4 is 32.7 Å². The average Bonchev–Trinajstić information content (AvgIpc) is 2.70. The Kier molecular flexibility index (Phi) is 5.23. The molecular formula is C22H21BrN2O2. The highest BCUT2D eigenvalue weighted by Gasteiger charge is 2.30. The number of hydrogen-bond donors (Lipinski definition) is 1. The molecule has 27 heavy (non-hydrogen) atoms. The Labute approximate surface area is 167 Å². The van der Waals surface area contributed by atoms with Gasteiger partial charge in [-0.25, -0.2) is 0 Å². The Bertz CT molecular complexity index is 950. The first kappa shape index (κ1) is 18.1. The van der Waals surface area contributed by atoms with Gasteiger partial charge in [0.15, 0.2) is 0 Å². The summed E-state index contributed by atoms with van der Waals surface area (Å²) in [5.74, 6) is -0.900. The molecular weight excluding hydrogens is 404 g/mol. The van der Waals surface area contributed by atoms with Gasteiger partial charge in [0.2, 0.25) is 0 Å². The maximum Gasteiger partial charge on any atom is 0.306 e. The number of likely N-dealkylation sites (tertiary alicyclic amines) is 1. The van der Waals surface area contributed by atoms with Crippen LogP contribution in [0.2, 0.25) is 0 Å². The van der Waals surface area contributed by atoms with Crippen LogP contribution in [0.3, 0.4) is 0 Å². The quantitative estimate of drug-likeness (QED) is 0.647. The number of aliphatic carboxylic acids is 1. The van der Waals surface area contributed by atoms with Gasteiger partial charge in [0.1, 0.15) is 0 Å². The van der Waals surface area contributed by atoms with Gasteiger partial charge < -0.3 is 5.11 Å². The van der Waals surface area contributed by atoms with Crippen molar-refractivity contribution in [1.82, 2.24) is 9.88 Å². The first-order chi connectivity index (χ1) is 13.1. The molecule has 1 N–H and O–H groups in total. The zero-order valence-corrected chi connectivity index (χ0v) is 16.5. The van der Waals surface area contributed by atoms with Crippen molar-refractivity contribution in [3.05, 3.63) is 76.5 Å². The van der Waals surface area contributed by atoms with Crippen molar-refractivity contribution in [3.8, 4) is 0 Å². The van der Waals surface area contributed by atoms with Crippen LogP contribution >= 0.6 is 15.9 Å². The molecule has 138 valence electrons. The van der Waals surface area contributed by atoms with E-state index in [2.05, 4.69) is 68.3 Å². The number of carbonyl (C=O) groups is 1. The Balaban J connectivity index is 1.71. The first-order valence-corrected chi connectivity index (χ1v) is 9.97. The zero-order chi connectivity index (χ0) is 18.8. The molecule has 1 aliphatic heterocycles. The molecule has 0 saturated carbocycles. The van der Waals surface area contributed by atoms with Crippen LogP contribution in [0.4, 0.5) is 0 Å². The fourth-order valence-electron chi connectivity index (χ4n) is 3.94. The smallest absolute Gasteiger partial charge is 0.306 e. The molecule has 0 spiro atoms. The second-order valence-electron chi connectivity index (χ2n) is 7.08. The number of carboxylic acids is 1. The van der Waals surface area contributed by atoms with Gasteiger partial charge in [-0.1, -0.05) is 40.2 Å². The van der Waals surface area contributed by atoms with E-state index in [0.717, 1.165) is 22.9 Å². The highest BCUT2D eigenvalue weighted by atomic mass is 79.9. The van der Waals surface area contributed by atoms with Gasteiger partial charge in [0.05, 0.1) is 12.0 Å². The molecule has 1 unspecified atom stereocenters. The number of rotatable bonds is 4. The van der Waals surface area contributed by atoms with Crippen molar-refractivity contribution < 1.29 is 9.90 Å². The highest BCUT2D eigenvalue weighted by molar-refractivity contribution is 9.10. The molecule has 4 nitrogen and oxygen atoms in total. The lowest BCUT2D eigenvalue weighted by atomic mass is 9.90. The lowest BCUT2D eigenvalue weighted by molar-refractivity contribution is -0.143. The van der Waals surface area contributed by atoms with Crippen LogP contribution in [0, 0.1) is 5.92 Å². The molecule has 0 amide bonds. The minimum absolute atomic E-state index is 0.116. The van der Waals surface area contributed by atoms with Crippen LogP contribution in [-0.2, 0) is 4.79 Å². The molecule has 1 aliphatic rings. The molecule has 5 heteroatoms. The standard InChI is InChI=1S/C22H21BrN2O2/c23-20-5-3-15(4-6-20)21(25-11-8-16(9-12-25)22(26)27)18-1-2-19-14-24-10-7-17(19)13-18/h1-7,10,13-14,16,21H,8-9,11-12H2,(H,26,27). The van der Waals surface area contributed by atoms with Gasteiger partial charge in [-0.3, -0.25) is 14.7 Å². The predicted octanol–water partition coefficient (Wildman–Crippen LogP) is 4.88. The number of pyridine rings is 1. The van der Waals surface area contributed by atoms with E-state index in [1.807, 2.05) is 18.5 Å². The van der Waals surface area contributed by atoms with Crippen molar-refractivity contribution in [2.24, 2.45) is 5.92 Å². The van der Waals surface area contributed by atoms with Crippen LogP contribution in [0.5, 0.6) is 0 Å². The van der Waals surface area contributed by atoms with Crippen LogP contribution in [0.25, 0.3) is 10.8 Å². The maximum absolute atomic E-state index is 11.3. The third-order valence-corrected chi connectivity index (χ3v) is 5.94. The lowest BCUT2D eigenvalue weighted by Crippen LogP contribution is -2.39. The fourth-order valence-corrected chi connectivity index (χ4v) is 4.20. The summed E-state index contributed by atoms with van der Waals surface area (Å²) in [6.07, 6.45) is 5.09. The van der Waals surface area contributed by atoms with Gasteiger partial charge in [0, 0.05) is 22.3 Å². The number of piperidine rings is 1. The lowest BCUT2D eigenvalue weighted by Gasteiger charge is -2.37. The number of nitrogens with zero attached hydrogens (tertiary/aromatic N) is 2. The molecule has 0 radical (unpaired) electrons. The molecule has 3 aromatic rings. The van der Waals surface area contributed by atoms with Gasteiger partial charge in [-0.15, -0.1) is 0 Å². The normalized spacial score (nSPS) is 17.1. The number of halogens is 1. The van der Waals surface area contributed by atoms with Crippen LogP contribution < -0.4 is 0 Å². The van der Waals surface area contributed by atoms with Crippen LogP contribution in [0.15, 0.2) is 65.4 Å². The van der Waals surface area contributed by atoms with E-state index in [9.17, 15) is 9.90 Å². The van der Waals surface area contributed by atoms with E-state index >= 15 is 0 Å². The van der Waals surface area contributed by atoms with Crippen LogP contribution in [0.1, 0.15) is 30.0 Å². The summed E-state index contributed by atoms with van der Waals surface area (Å²) in [5.41, 5.74) is 2.45.